The fraction of sp³-hybridized carbons (Fsp3) is 0.333. The second kappa shape index (κ2) is 6.47. The highest BCUT2D eigenvalue weighted by molar-refractivity contribution is 7.15. The van der Waals surface area contributed by atoms with Crippen LogP contribution in [-0.4, -0.2) is 15.6 Å². The highest BCUT2D eigenvalue weighted by Crippen LogP contribution is 2.43. The van der Waals surface area contributed by atoms with Crippen molar-refractivity contribution in [3.63, 3.8) is 0 Å². The molecule has 3 aromatic rings. The topological polar surface area (TPSA) is 85.3 Å². The number of carbonyl (C=O) groups is 1. The molecule has 29 heavy (non-hydrogen) atoms. The van der Waals surface area contributed by atoms with Crippen LogP contribution < -0.4 is 11.2 Å². The van der Waals surface area contributed by atoms with Gasteiger partial charge >= 0.3 is 5.97 Å². The van der Waals surface area contributed by atoms with Gasteiger partial charge in [-0.05, 0) is 49.8 Å². The number of halogens is 2. The van der Waals surface area contributed by atoms with E-state index in [1.54, 1.807) is 6.07 Å². The SMILES string of the molecule is NC1CCCc2cc(-c3c(F)cc4c(=O)c(C(=O)O)cn(C5CC5)c4c3F)sc21. The number of hydrogen-bond donors (Lipinski definition) is 2. The van der Waals surface area contributed by atoms with Gasteiger partial charge < -0.3 is 15.4 Å². The fourth-order valence-electron chi connectivity index (χ4n) is 4.18. The first-order valence-electron chi connectivity index (χ1n) is 9.55. The number of nitrogens with zero attached hydrogens (tertiary/aromatic N) is 1. The number of nitrogens with two attached hydrogens (primary N) is 1. The van der Waals surface area contributed by atoms with Crippen LogP contribution in [0.25, 0.3) is 21.3 Å². The van der Waals surface area contributed by atoms with Gasteiger partial charge in [-0.15, -0.1) is 11.3 Å². The Morgan fingerprint density at radius 2 is 2.00 bits per heavy atom. The van der Waals surface area contributed by atoms with E-state index in [0.717, 1.165) is 48.6 Å². The van der Waals surface area contributed by atoms with E-state index < -0.39 is 28.6 Å². The summed E-state index contributed by atoms with van der Waals surface area (Å²) in [6, 6.07) is 2.54. The summed E-state index contributed by atoms with van der Waals surface area (Å²) in [6.07, 6.45) is 5.30. The van der Waals surface area contributed by atoms with E-state index in [1.807, 2.05) is 0 Å². The molecule has 0 saturated heterocycles. The molecule has 0 spiro atoms. The number of thiophene rings is 1. The van der Waals surface area contributed by atoms with Gasteiger partial charge in [-0.3, -0.25) is 4.79 Å². The lowest BCUT2D eigenvalue weighted by Gasteiger charge is -2.17. The third-order valence-corrected chi connectivity index (χ3v) is 7.09. The molecule has 5 rings (SSSR count). The summed E-state index contributed by atoms with van der Waals surface area (Å²) in [5, 5.41) is 9.09. The van der Waals surface area contributed by atoms with E-state index >= 15 is 8.78 Å². The third-order valence-electron chi connectivity index (χ3n) is 5.76. The number of aryl methyl sites for hydroxylation is 1. The maximum atomic E-state index is 15.7. The zero-order chi connectivity index (χ0) is 20.4. The Kier molecular flexibility index (Phi) is 4.11. The Balaban J connectivity index is 1.81. The molecule has 0 amide bonds. The maximum Gasteiger partial charge on any atom is 0.341 e. The second-order valence-corrected chi connectivity index (χ2v) is 8.84. The van der Waals surface area contributed by atoms with Gasteiger partial charge in [0, 0.05) is 28.0 Å². The lowest BCUT2D eigenvalue weighted by Crippen LogP contribution is -2.20. The Morgan fingerprint density at radius 3 is 2.66 bits per heavy atom. The molecule has 1 fully saturated rings. The molecule has 0 aliphatic heterocycles. The molecule has 1 unspecified atom stereocenters. The number of hydrogen-bond acceptors (Lipinski definition) is 4. The van der Waals surface area contributed by atoms with E-state index in [0.29, 0.717) is 4.88 Å². The van der Waals surface area contributed by atoms with Crippen LogP contribution in [0, 0.1) is 11.6 Å². The summed E-state index contributed by atoms with van der Waals surface area (Å²) >= 11 is 1.29. The van der Waals surface area contributed by atoms with Crippen molar-refractivity contribution in [3.8, 4) is 10.4 Å². The molecular weight excluding hydrogens is 398 g/mol. The first-order valence-corrected chi connectivity index (χ1v) is 10.4. The number of rotatable bonds is 3. The summed E-state index contributed by atoms with van der Waals surface area (Å²) < 4.78 is 32.2. The zero-order valence-electron chi connectivity index (χ0n) is 15.4. The zero-order valence-corrected chi connectivity index (χ0v) is 16.2. The number of aromatic carboxylic acids is 1. The first kappa shape index (κ1) is 18.4. The smallest absolute Gasteiger partial charge is 0.341 e. The summed E-state index contributed by atoms with van der Waals surface area (Å²) in [4.78, 5) is 25.4. The molecule has 8 heteroatoms. The third kappa shape index (κ3) is 2.81. The highest BCUT2D eigenvalue weighted by Gasteiger charge is 2.31. The van der Waals surface area contributed by atoms with Crippen molar-refractivity contribution >= 4 is 28.2 Å². The number of pyridine rings is 1. The van der Waals surface area contributed by atoms with Crippen molar-refractivity contribution in [3.05, 3.63) is 56.2 Å². The largest absolute Gasteiger partial charge is 0.477 e. The lowest BCUT2D eigenvalue weighted by atomic mass is 9.95. The van der Waals surface area contributed by atoms with Crippen molar-refractivity contribution in [2.45, 2.75) is 44.2 Å². The molecule has 0 radical (unpaired) electrons. The van der Waals surface area contributed by atoms with Crippen LogP contribution in [0.2, 0.25) is 0 Å². The molecule has 1 saturated carbocycles. The van der Waals surface area contributed by atoms with Crippen LogP contribution in [0.1, 0.15) is 58.6 Å². The molecule has 2 aliphatic rings. The molecule has 1 atom stereocenters. The normalized spacial score (nSPS) is 18.8. The average Bonchev–Trinajstić information content (AvgIpc) is 3.42. The van der Waals surface area contributed by atoms with Crippen LogP contribution in [0.15, 0.2) is 23.1 Å². The average molecular weight is 416 g/mol. The first-order chi connectivity index (χ1) is 13.9. The molecule has 0 bridgehead atoms. The van der Waals surface area contributed by atoms with Crippen molar-refractivity contribution < 1.29 is 18.7 Å². The number of aromatic nitrogens is 1. The molecule has 5 nitrogen and oxygen atoms in total. The van der Waals surface area contributed by atoms with Crippen molar-refractivity contribution in [1.29, 1.82) is 0 Å². The number of benzene rings is 1. The summed E-state index contributed by atoms with van der Waals surface area (Å²) in [5.41, 5.74) is 5.62. The van der Waals surface area contributed by atoms with Crippen LogP contribution >= 0.6 is 11.3 Å². The summed E-state index contributed by atoms with van der Waals surface area (Å²) in [6.45, 7) is 0. The predicted molar refractivity (Wildman–Crippen MR) is 107 cm³/mol. The molecule has 150 valence electrons. The standard InChI is InChI=1S/C21H18F2N2O3S/c22-13-7-11-18(25(10-4-5-10)8-12(19(11)26)21(27)28)17(23)16(13)15-6-9-2-1-3-14(24)20(9)29-15/h6-8,10,14H,1-5,24H2,(H,27,28). The minimum Gasteiger partial charge on any atom is -0.477 e. The highest BCUT2D eigenvalue weighted by atomic mass is 32.1. The minimum absolute atomic E-state index is 0.0328. The Morgan fingerprint density at radius 1 is 1.24 bits per heavy atom. The Labute approximate surface area is 168 Å². The summed E-state index contributed by atoms with van der Waals surface area (Å²) in [7, 11) is 0. The van der Waals surface area contributed by atoms with E-state index in [9.17, 15) is 14.7 Å². The van der Waals surface area contributed by atoms with Gasteiger partial charge in [-0.25, -0.2) is 13.6 Å². The minimum atomic E-state index is -1.41. The second-order valence-electron chi connectivity index (χ2n) is 7.76. The molecule has 2 heterocycles. The van der Waals surface area contributed by atoms with Gasteiger partial charge in [0.1, 0.15) is 11.4 Å². The van der Waals surface area contributed by atoms with Gasteiger partial charge in [0.15, 0.2) is 5.82 Å². The molecule has 2 aromatic heterocycles. The lowest BCUT2D eigenvalue weighted by molar-refractivity contribution is 0.0695. The molecule has 3 N–H and O–H groups in total. The van der Waals surface area contributed by atoms with Crippen LogP contribution in [0.5, 0.6) is 0 Å². The van der Waals surface area contributed by atoms with E-state index in [-0.39, 0.29) is 28.6 Å². The van der Waals surface area contributed by atoms with Gasteiger partial charge in [0.2, 0.25) is 5.43 Å². The fourth-order valence-corrected chi connectivity index (χ4v) is 5.47. The Bertz CT molecular complexity index is 1240. The van der Waals surface area contributed by atoms with Crippen LogP contribution in [-0.2, 0) is 6.42 Å². The molecule has 2 aliphatic carbocycles. The van der Waals surface area contributed by atoms with Crippen molar-refractivity contribution in [1.82, 2.24) is 4.57 Å². The van der Waals surface area contributed by atoms with Gasteiger partial charge in [0.05, 0.1) is 16.5 Å². The number of carboxylic acid groups (broad SMARTS) is 1. The van der Waals surface area contributed by atoms with Crippen molar-refractivity contribution in [2.75, 3.05) is 0 Å². The quantitative estimate of drug-likeness (QED) is 0.664. The van der Waals surface area contributed by atoms with E-state index in [2.05, 4.69) is 0 Å². The summed E-state index contributed by atoms with van der Waals surface area (Å²) in [5.74, 6) is -3.10. The van der Waals surface area contributed by atoms with Crippen LogP contribution in [0.4, 0.5) is 8.78 Å². The number of fused-ring (bicyclic) bond motifs is 2. The van der Waals surface area contributed by atoms with Crippen LogP contribution in [0.3, 0.4) is 0 Å². The van der Waals surface area contributed by atoms with Gasteiger partial charge in [0.25, 0.3) is 0 Å². The van der Waals surface area contributed by atoms with Crippen molar-refractivity contribution in [2.24, 2.45) is 5.73 Å². The predicted octanol–water partition coefficient (Wildman–Crippen LogP) is 4.38. The number of carboxylic acids is 1. The van der Waals surface area contributed by atoms with E-state index in [4.69, 9.17) is 5.73 Å². The molecular formula is C21H18F2N2O3S. The van der Waals surface area contributed by atoms with Gasteiger partial charge in [-0.1, -0.05) is 0 Å². The molecule has 1 aromatic carbocycles. The Hall–Kier alpha value is -2.58. The van der Waals surface area contributed by atoms with Gasteiger partial charge in [-0.2, -0.15) is 0 Å². The van der Waals surface area contributed by atoms with E-state index in [1.165, 1.54) is 22.1 Å². The monoisotopic (exact) mass is 416 g/mol. The maximum absolute atomic E-state index is 15.7.